The van der Waals surface area contributed by atoms with Gasteiger partial charge in [-0.05, 0) is 56.1 Å². The molecule has 0 unspecified atom stereocenters. The Labute approximate surface area is 169 Å². The highest BCUT2D eigenvalue weighted by Crippen LogP contribution is 2.26. The summed E-state index contributed by atoms with van der Waals surface area (Å²) < 4.78 is 14.5. The van der Waals surface area contributed by atoms with Crippen LogP contribution in [0, 0.1) is 11.7 Å². The summed E-state index contributed by atoms with van der Waals surface area (Å²) in [6.07, 6.45) is 2.01. The van der Waals surface area contributed by atoms with Gasteiger partial charge in [-0.25, -0.2) is 4.39 Å². The summed E-state index contributed by atoms with van der Waals surface area (Å²) in [5.41, 5.74) is 2.91. The number of phenolic OH excluding ortho intramolecular Hbond substituents is 1. The zero-order valence-corrected chi connectivity index (χ0v) is 18.0. The molecular formula is C24H35FN2O. The largest absolute Gasteiger partial charge is 0.508 e. The van der Waals surface area contributed by atoms with E-state index in [1.165, 1.54) is 17.2 Å². The molecular weight excluding hydrogens is 351 g/mol. The van der Waals surface area contributed by atoms with Gasteiger partial charge in [0.15, 0.2) is 0 Å². The summed E-state index contributed by atoms with van der Waals surface area (Å²) in [4.78, 5) is 4.50. The van der Waals surface area contributed by atoms with Crippen molar-refractivity contribution >= 4 is 0 Å². The Morgan fingerprint density at radius 2 is 1.68 bits per heavy atom. The monoisotopic (exact) mass is 386 g/mol. The lowest BCUT2D eigenvalue weighted by Gasteiger charge is -2.35. The molecule has 1 atom stereocenters. The number of phenols is 1. The molecule has 0 heterocycles. The van der Waals surface area contributed by atoms with E-state index in [9.17, 15) is 9.50 Å². The fraction of sp³-hybridized carbons (Fsp3) is 0.500. The van der Waals surface area contributed by atoms with Crippen LogP contribution in [0.5, 0.6) is 5.75 Å². The molecule has 28 heavy (non-hydrogen) atoms. The number of benzene rings is 2. The Morgan fingerprint density at radius 1 is 1.00 bits per heavy atom. The van der Waals surface area contributed by atoms with Crippen LogP contribution in [0.15, 0.2) is 42.5 Å². The van der Waals surface area contributed by atoms with Crippen molar-refractivity contribution in [3.05, 3.63) is 65.0 Å². The standard InChI is InChI=1S/C24H35FN2O/c1-6-19-9-7-10-20(14-19)15-27(21(13-18(2)3)16-26(4)5)17-22-23(25)11-8-12-24(22)28/h7-12,14,18,21,28H,6,13,15-17H2,1-5H3/t21-/m0/s1. The predicted molar refractivity (Wildman–Crippen MR) is 115 cm³/mol. The number of aromatic hydroxyl groups is 1. The van der Waals surface area contributed by atoms with Crippen molar-refractivity contribution in [3.8, 4) is 5.75 Å². The van der Waals surface area contributed by atoms with Crippen LogP contribution in [-0.2, 0) is 19.5 Å². The highest BCUT2D eigenvalue weighted by Gasteiger charge is 2.23. The van der Waals surface area contributed by atoms with Crippen LogP contribution in [0.4, 0.5) is 4.39 Å². The molecule has 0 bridgehead atoms. The van der Waals surface area contributed by atoms with Crippen molar-refractivity contribution in [1.82, 2.24) is 9.80 Å². The third-order valence-electron chi connectivity index (χ3n) is 5.08. The normalized spacial score (nSPS) is 12.9. The maximum Gasteiger partial charge on any atom is 0.131 e. The molecule has 2 aromatic rings. The van der Waals surface area contributed by atoms with E-state index in [0.717, 1.165) is 25.9 Å². The quantitative estimate of drug-likeness (QED) is 0.617. The summed E-state index contributed by atoms with van der Waals surface area (Å²) in [5, 5.41) is 10.3. The number of likely N-dealkylation sites (N-methyl/N-ethyl adjacent to an activating group) is 1. The summed E-state index contributed by atoms with van der Waals surface area (Å²) in [5.74, 6) is 0.213. The maximum absolute atomic E-state index is 14.5. The Hall–Kier alpha value is -1.91. The summed E-state index contributed by atoms with van der Waals surface area (Å²) >= 11 is 0. The van der Waals surface area contributed by atoms with Crippen molar-refractivity contribution in [2.75, 3.05) is 20.6 Å². The third kappa shape index (κ3) is 6.61. The maximum atomic E-state index is 14.5. The van der Waals surface area contributed by atoms with E-state index in [2.05, 4.69) is 68.9 Å². The summed E-state index contributed by atoms with van der Waals surface area (Å²) in [6.45, 7) is 8.61. The van der Waals surface area contributed by atoms with E-state index in [0.29, 0.717) is 18.0 Å². The van der Waals surface area contributed by atoms with Crippen LogP contribution in [0.1, 0.15) is 43.9 Å². The van der Waals surface area contributed by atoms with Crippen LogP contribution >= 0.6 is 0 Å². The van der Waals surface area contributed by atoms with Crippen molar-refractivity contribution in [1.29, 1.82) is 0 Å². The van der Waals surface area contributed by atoms with Gasteiger partial charge in [0.25, 0.3) is 0 Å². The molecule has 0 aliphatic carbocycles. The molecule has 2 aromatic carbocycles. The minimum Gasteiger partial charge on any atom is -0.508 e. The fourth-order valence-electron chi connectivity index (χ4n) is 3.71. The van der Waals surface area contributed by atoms with E-state index in [1.54, 1.807) is 12.1 Å². The second-order valence-corrected chi connectivity index (χ2v) is 8.36. The van der Waals surface area contributed by atoms with Crippen LogP contribution in [0.3, 0.4) is 0 Å². The van der Waals surface area contributed by atoms with E-state index in [-0.39, 0.29) is 17.6 Å². The second kappa shape index (κ2) is 10.6. The molecule has 0 spiro atoms. The lowest BCUT2D eigenvalue weighted by atomic mass is 9.99. The van der Waals surface area contributed by atoms with Gasteiger partial charge in [0.05, 0.1) is 0 Å². The Kier molecular flexibility index (Phi) is 8.46. The lowest BCUT2D eigenvalue weighted by molar-refractivity contribution is 0.124. The van der Waals surface area contributed by atoms with E-state index in [1.807, 2.05) is 0 Å². The first-order valence-electron chi connectivity index (χ1n) is 10.2. The van der Waals surface area contributed by atoms with Gasteiger partial charge in [-0.3, -0.25) is 4.90 Å². The van der Waals surface area contributed by atoms with Crippen LogP contribution in [-0.4, -0.2) is 41.6 Å². The van der Waals surface area contributed by atoms with Gasteiger partial charge < -0.3 is 10.0 Å². The molecule has 0 saturated carbocycles. The first-order valence-corrected chi connectivity index (χ1v) is 10.2. The Bertz CT molecular complexity index is 715. The molecule has 154 valence electrons. The number of halogens is 1. The third-order valence-corrected chi connectivity index (χ3v) is 5.08. The molecule has 3 nitrogen and oxygen atoms in total. The number of nitrogens with zero attached hydrogens (tertiary/aromatic N) is 2. The molecule has 1 N–H and O–H groups in total. The van der Waals surface area contributed by atoms with Crippen molar-refractivity contribution in [2.45, 2.75) is 52.7 Å². The van der Waals surface area contributed by atoms with Crippen molar-refractivity contribution in [3.63, 3.8) is 0 Å². The zero-order chi connectivity index (χ0) is 20.7. The van der Waals surface area contributed by atoms with Gasteiger partial charge in [-0.1, -0.05) is 51.1 Å². The lowest BCUT2D eigenvalue weighted by Crippen LogP contribution is -2.42. The smallest absolute Gasteiger partial charge is 0.131 e. The first-order chi connectivity index (χ1) is 13.3. The highest BCUT2D eigenvalue weighted by molar-refractivity contribution is 5.33. The molecule has 2 rings (SSSR count). The average Bonchev–Trinajstić information content (AvgIpc) is 2.62. The Morgan fingerprint density at radius 3 is 2.29 bits per heavy atom. The molecule has 0 amide bonds. The second-order valence-electron chi connectivity index (χ2n) is 8.36. The molecule has 0 saturated heterocycles. The average molecular weight is 387 g/mol. The molecule has 4 heteroatoms. The molecule has 0 aromatic heterocycles. The zero-order valence-electron chi connectivity index (χ0n) is 18.0. The van der Waals surface area contributed by atoms with Gasteiger partial charge in [0.1, 0.15) is 11.6 Å². The van der Waals surface area contributed by atoms with Gasteiger partial charge in [0, 0.05) is 31.2 Å². The van der Waals surface area contributed by atoms with Gasteiger partial charge in [0.2, 0.25) is 0 Å². The summed E-state index contributed by atoms with van der Waals surface area (Å²) in [7, 11) is 4.15. The first kappa shape index (κ1) is 22.4. The molecule has 0 aliphatic rings. The van der Waals surface area contributed by atoms with Gasteiger partial charge >= 0.3 is 0 Å². The number of hydrogen-bond donors (Lipinski definition) is 1. The summed E-state index contributed by atoms with van der Waals surface area (Å²) in [6, 6.07) is 13.4. The topological polar surface area (TPSA) is 26.7 Å². The van der Waals surface area contributed by atoms with E-state index < -0.39 is 0 Å². The van der Waals surface area contributed by atoms with Crippen LogP contribution < -0.4 is 0 Å². The SMILES string of the molecule is CCc1cccc(CN(Cc2c(O)cccc2F)[C@@H](CC(C)C)CN(C)C)c1. The van der Waals surface area contributed by atoms with E-state index >= 15 is 0 Å². The number of aryl methyl sites for hydroxylation is 1. The fourth-order valence-corrected chi connectivity index (χ4v) is 3.71. The number of hydrogen-bond acceptors (Lipinski definition) is 3. The van der Waals surface area contributed by atoms with E-state index in [4.69, 9.17) is 0 Å². The van der Waals surface area contributed by atoms with Crippen LogP contribution in [0.2, 0.25) is 0 Å². The minimum absolute atomic E-state index is 0.0282. The molecule has 0 aliphatic heterocycles. The highest BCUT2D eigenvalue weighted by atomic mass is 19.1. The van der Waals surface area contributed by atoms with Gasteiger partial charge in [-0.15, -0.1) is 0 Å². The van der Waals surface area contributed by atoms with Crippen LogP contribution in [0.25, 0.3) is 0 Å². The Balaban J connectivity index is 2.37. The number of rotatable bonds is 10. The predicted octanol–water partition coefficient (Wildman–Crippen LogP) is 5.07. The van der Waals surface area contributed by atoms with Crippen molar-refractivity contribution < 1.29 is 9.50 Å². The molecule has 0 fully saturated rings. The minimum atomic E-state index is -0.347. The van der Waals surface area contributed by atoms with Crippen molar-refractivity contribution in [2.24, 2.45) is 5.92 Å². The van der Waals surface area contributed by atoms with Gasteiger partial charge in [-0.2, -0.15) is 0 Å². The molecule has 0 radical (unpaired) electrons.